The third kappa shape index (κ3) is 9.72. The zero-order valence-corrected chi connectivity index (χ0v) is 17.2. The normalized spacial score (nSPS) is 18.0. The van der Waals surface area contributed by atoms with Gasteiger partial charge in [0.25, 0.3) is 0 Å². The fraction of sp³-hybridized carbons (Fsp3) is 0.941. The van der Waals surface area contributed by atoms with Crippen LogP contribution in [0.5, 0.6) is 0 Å². The molecule has 0 atom stereocenters. The summed E-state index contributed by atoms with van der Waals surface area (Å²) in [5.41, 5.74) is 0. The van der Waals surface area contributed by atoms with Gasteiger partial charge in [0.15, 0.2) is 5.96 Å². The third-order valence-corrected chi connectivity index (χ3v) is 4.21. The number of guanidine groups is 1. The predicted molar refractivity (Wildman–Crippen MR) is 108 cm³/mol. The SMILES string of the molecule is CCNC(=NCCCOCC)NCCN(CC1CC1)C1CC1.I. The lowest BCUT2D eigenvalue weighted by Gasteiger charge is -2.22. The molecule has 0 aliphatic heterocycles. The number of nitrogens with zero attached hydrogens (tertiary/aromatic N) is 2. The monoisotopic (exact) mass is 438 g/mol. The first-order valence-corrected chi connectivity index (χ1v) is 9.17. The smallest absolute Gasteiger partial charge is 0.191 e. The highest BCUT2D eigenvalue weighted by atomic mass is 127. The molecule has 0 saturated heterocycles. The molecular formula is C17H35IN4O. The Kier molecular flexibility index (Phi) is 11.2. The van der Waals surface area contributed by atoms with Crippen molar-refractivity contribution in [2.75, 3.05) is 45.9 Å². The van der Waals surface area contributed by atoms with Crippen molar-refractivity contribution in [3.05, 3.63) is 0 Å². The molecule has 0 aromatic rings. The van der Waals surface area contributed by atoms with Gasteiger partial charge in [-0.3, -0.25) is 9.89 Å². The molecule has 2 rings (SSSR count). The maximum Gasteiger partial charge on any atom is 0.191 e. The van der Waals surface area contributed by atoms with Gasteiger partial charge in [0, 0.05) is 52.0 Å². The summed E-state index contributed by atoms with van der Waals surface area (Å²) in [4.78, 5) is 7.30. The van der Waals surface area contributed by atoms with Crippen LogP contribution in [-0.2, 0) is 4.74 Å². The maximum absolute atomic E-state index is 5.35. The number of halogens is 1. The Morgan fingerprint density at radius 1 is 1.17 bits per heavy atom. The Labute approximate surface area is 159 Å². The molecule has 2 fully saturated rings. The van der Waals surface area contributed by atoms with Crippen molar-refractivity contribution in [2.24, 2.45) is 10.9 Å². The lowest BCUT2D eigenvalue weighted by molar-refractivity contribution is 0.146. The van der Waals surface area contributed by atoms with E-state index in [4.69, 9.17) is 4.74 Å². The molecule has 0 bridgehead atoms. The molecule has 2 N–H and O–H groups in total. The highest BCUT2D eigenvalue weighted by molar-refractivity contribution is 14.0. The Hall–Kier alpha value is -0.0800. The van der Waals surface area contributed by atoms with Gasteiger partial charge in [0.05, 0.1) is 0 Å². The number of rotatable bonds is 12. The van der Waals surface area contributed by atoms with Crippen LogP contribution in [-0.4, -0.2) is 62.8 Å². The number of hydrogen-bond donors (Lipinski definition) is 2. The molecule has 0 aromatic heterocycles. The molecule has 0 radical (unpaired) electrons. The quantitative estimate of drug-likeness (QED) is 0.213. The van der Waals surface area contributed by atoms with E-state index in [-0.39, 0.29) is 24.0 Å². The summed E-state index contributed by atoms with van der Waals surface area (Å²) in [5, 5.41) is 6.80. The van der Waals surface area contributed by atoms with E-state index in [1.165, 1.54) is 32.2 Å². The second-order valence-corrected chi connectivity index (χ2v) is 6.41. The molecule has 6 heteroatoms. The Balaban J connectivity index is 0.00000264. The van der Waals surface area contributed by atoms with Gasteiger partial charge in [-0.25, -0.2) is 0 Å². The number of hydrogen-bond acceptors (Lipinski definition) is 3. The van der Waals surface area contributed by atoms with Crippen LogP contribution in [0.4, 0.5) is 0 Å². The van der Waals surface area contributed by atoms with Crippen LogP contribution >= 0.6 is 24.0 Å². The minimum absolute atomic E-state index is 0. The van der Waals surface area contributed by atoms with Crippen molar-refractivity contribution in [3.63, 3.8) is 0 Å². The molecule has 2 saturated carbocycles. The molecule has 0 amide bonds. The van der Waals surface area contributed by atoms with E-state index < -0.39 is 0 Å². The van der Waals surface area contributed by atoms with Gasteiger partial charge in [0.2, 0.25) is 0 Å². The van der Waals surface area contributed by atoms with Gasteiger partial charge in [0.1, 0.15) is 0 Å². The molecular weight excluding hydrogens is 403 g/mol. The average molecular weight is 438 g/mol. The standard InChI is InChI=1S/C17H34N4O.HI/c1-3-18-17(19-10-5-13-22-4-2)20-11-12-21(16-8-9-16)14-15-6-7-15;/h15-16H,3-14H2,1-2H3,(H2,18,19,20);1H. The largest absolute Gasteiger partial charge is 0.382 e. The van der Waals surface area contributed by atoms with E-state index in [1.54, 1.807) is 0 Å². The Morgan fingerprint density at radius 3 is 2.57 bits per heavy atom. The van der Waals surface area contributed by atoms with Gasteiger partial charge in [-0.15, -0.1) is 24.0 Å². The van der Waals surface area contributed by atoms with E-state index in [2.05, 4.69) is 27.4 Å². The highest BCUT2D eigenvalue weighted by Crippen LogP contribution is 2.34. The molecule has 5 nitrogen and oxygen atoms in total. The molecule has 2 aliphatic rings. The van der Waals surface area contributed by atoms with E-state index in [9.17, 15) is 0 Å². The van der Waals surface area contributed by atoms with Crippen LogP contribution in [0.1, 0.15) is 46.0 Å². The lowest BCUT2D eigenvalue weighted by atomic mass is 10.3. The molecule has 136 valence electrons. The van der Waals surface area contributed by atoms with Crippen molar-refractivity contribution in [1.29, 1.82) is 0 Å². The van der Waals surface area contributed by atoms with Crippen LogP contribution in [0.15, 0.2) is 4.99 Å². The predicted octanol–water partition coefficient (Wildman–Crippen LogP) is 2.46. The van der Waals surface area contributed by atoms with Crippen molar-refractivity contribution in [1.82, 2.24) is 15.5 Å². The van der Waals surface area contributed by atoms with E-state index in [0.717, 1.165) is 63.7 Å². The Bertz CT molecular complexity index is 333. The zero-order valence-electron chi connectivity index (χ0n) is 14.9. The molecule has 0 aromatic carbocycles. The van der Waals surface area contributed by atoms with Crippen LogP contribution < -0.4 is 10.6 Å². The summed E-state index contributed by atoms with van der Waals surface area (Å²) in [6.07, 6.45) is 6.68. The molecule has 0 unspecified atom stereocenters. The first kappa shape index (κ1) is 21.0. The fourth-order valence-corrected chi connectivity index (χ4v) is 2.66. The summed E-state index contributed by atoms with van der Waals surface area (Å²) in [5.74, 6) is 1.93. The van der Waals surface area contributed by atoms with Crippen LogP contribution in [0.25, 0.3) is 0 Å². The number of ether oxygens (including phenoxy) is 1. The summed E-state index contributed by atoms with van der Waals surface area (Å²) in [6, 6.07) is 0.869. The van der Waals surface area contributed by atoms with Crippen molar-refractivity contribution >= 4 is 29.9 Å². The third-order valence-electron chi connectivity index (χ3n) is 4.21. The van der Waals surface area contributed by atoms with Crippen LogP contribution in [0.3, 0.4) is 0 Å². The highest BCUT2D eigenvalue weighted by Gasteiger charge is 2.33. The first-order valence-electron chi connectivity index (χ1n) is 9.17. The molecule has 0 spiro atoms. The molecule has 2 aliphatic carbocycles. The van der Waals surface area contributed by atoms with E-state index in [1.807, 2.05) is 6.92 Å². The number of aliphatic imine (C=N–C) groups is 1. The molecule has 0 heterocycles. The van der Waals surface area contributed by atoms with Crippen molar-refractivity contribution in [2.45, 2.75) is 52.0 Å². The second-order valence-electron chi connectivity index (χ2n) is 6.41. The topological polar surface area (TPSA) is 48.9 Å². The van der Waals surface area contributed by atoms with Gasteiger partial charge >= 0.3 is 0 Å². The minimum Gasteiger partial charge on any atom is -0.382 e. The van der Waals surface area contributed by atoms with Gasteiger partial charge in [-0.05, 0) is 51.9 Å². The van der Waals surface area contributed by atoms with Crippen LogP contribution in [0.2, 0.25) is 0 Å². The Morgan fingerprint density at radius 2 is 1.96 bits per heavy atom. The van der Waals surface area contributed by atoms with Gasteiger partial charge in [-0.2, -0.15) is 0 Å². The summed E-state index contributed by atoms with van der Waals surface area (Å²) < 4.78 is 5.35. The zero-order chi connectivity index (χ0) is 15.6. The second kappa shape index (κ2) is 12.3. The minimum atomic E-state index is 0. The summed E-state index contributed by atoms with van der Waals surface area (Å²) in [7, 11) is 0. The number of nitrogens with one attached hydrogen (secondary N) is 2. The van der Waals surface area contributed by atoms with Crippen LogP contribution in [0, 0.1) is 5.92 Å². The molecule has 23 heavy (non-hydrogen) atoms. The van der Waals surface area contributed by atoms with E-state index >= 15 is 0 Å². The summed E-state index contributed by atoms with van der Waals surface area (Å²) >= 11 is 0. The van der Waals surface area contributed by atoms with Crippen molar-refractivity contribution < 1.29 is 4.74 Å². The maximum atomic E-state index is 5.35. The van der Waals surface area contributed by atoms with Gasteiger partial charge < -0.3 is 15.4 Å². The summed E-state index contributed by atoms with van der Waals surface area (Å²) in [6.45, 7) is 10.9. The fourth-order valence-electron chi connectivity index (χ4n) is 2.66. The van der Waals surface area contributed by atoms with Gasteiger partial charge in [-0.1, -0.05) is 0 Å². The lowest BCUT2D eigenvalue weighted by Crippen LogP contribution is -2.42. The average Bonchev–Trinajstić information content (AvgIpc) is 3.38. The first-order chi connectivity index (χ1) is 10.8. The van der Waals surface area contributed by atoms with E-state index in [0.29, 0.717) is 0 Å². The van der Waals surface area contributed by atoms with Crippen molar-refractivity contribution in [3.8, 4) is 0 Å².